The van der Waals surface area contributed by atoms with Crippen molar-refractivity contribution >= 4 is 39.8 Å². The van der Waals surface area contributed by atoms with Gasteiger partial charge in [-0.15, -0.1) is 0 Å². The monoisotopic (exact) mass is 327 g/mol. The number of anilines is 1. The van der Waals surface area contributed by atoms with Gasteiger partial charge in [-0.05, 0) is 18.6 Å². The Kier molecular flexibility index (Phi) is 4.90. The highest BCUT2D eigenvalue weighted by Gasteiger charge is 2.28. The maximum atomic E-state index is 12.2. The van der Waals surface area contributed by atoms with E-state index in [2.05, 4.69) is 17.0 Å². The van der Waals surface area contributed by atoms with Crippen LogP contribution in [0.5, 0.6) is 0 Å². The van der Waals surface area contributed by atoms with Crippen LogP contribution in [0.1, 0.15) is 23.2 Å². The third kappa shape index (κ3) is 3.57. The number of para-hydroxylation sites is 1. The first kappa shape index (κ1) is 15.3. The number of nitrogens with zero attached hydrogens (tertiary/aromatic N) is 1. The van der Waals surface area contributed by atoms with Gasteiger partial charge >= 0.3 is 0 Å². The van der Waals surface area contributed by atoms with Crippen LogP contribution in [0.25, 0.3) is 0 Å². The number of thiocarbonyl (C=S) groups is 1. The molecule has 0 aromatic heterocycles. The van der Waals surface area contributed by atoms with Gasteiger partial charge < -0.3 is 4.90 Å². The molecule has 2 aromatic carbocycles. The molecular formula is C18H17NOS2. The molecular weight excluding hydrogens is 310 g/mol. The van der Waals surface area contributed by atoms with Gasteiger partial charge in [0.1, 0.15) is 4.32 Å². The molecule has 0 bridgehead atoms. The molecule has 0 saturated carbocycles. The Morgan fingerprint density at radius 3 is 2.41 bits per heavy atom. The van der Waals surface area contributed by atoms with E-state index in [1.807, 2.05) is 48.5 Å². The molecule has 1 heterocycles. The van der Waals surface area contributed by atoms with Gasteiger partial charge in [0.15, 0.2) is 5.78 Å². The molecule has 0 aliphatic carbocycles. The Hall–Kier alpha value is -1.65. The van der Waals surface area contributed by atoms with E-state index in [-0.39, 0.29) is 5.78 Å². The van der Waals surface area contributed by atoms with E-state index in [9.17, 15) is 4.79 Å². The SMILES string of the molecule is O=C(CCC1CN(c2ccccc2)C(=S)S1)c1ccccc1. The van der Waals surface area contributed by atoms with Crippen LogP contribution >= 0.6 is 24.0 Å². The fourth-order valence-corrected chi connectivity index (χ4v) is 4.19. The van der Waals surface area contributed by atoms with Crippen molar-refractivity contribution in [3.8, 4) is 0 Å². The van der Waals surface area contributed by atoms with Gasteiger partial charge in [0.2, 0.25) is 0 Å². The van der Waals surface area contributed by atoms with Crippen molar-refractivity contribution in [1.29, 1.82) is 0 Å². The number of Topliss-reactive ketones (excluding diaryl/α,β-unsaturated/α-hetero) is 1. The number of benzene rings is 2. The average Bonchev–Trinajstić information content (AvgIpc) is 2.95. The van der Waals surface area contributed by atoms with Crippen molar-refractivity contribution in [3.05, 3.63) is 66.2 Å². The van der Waals surface area contributed by atoms with Crippen LogP contribution in [-0.4, -0.2) is 21.9 Å². The van der Waals surface area contributed by atoms with Crippen molar-refractivity contribution < 1.29 is 4.79 Å². The molecule has 2 aromatic rings. The molecule has 2 nitrogen and oxygen atoms in total. The molecule has 1 fully saturated rings. The Bertz CT molecular complexity index is 657. The average molecular weight is 327 g/mol. The normalized spacial score (nSPS) is 17.7. The first-order chi connectivity index (χ1) is 10.7. The zero-order valence-electron chi connectivity index (χ0n) is 12.1. The molecule has 0 amide bonds. The van der Waals surface area contributed by atoms with Crippen LogP contribution in [0.3, 0.4) is 0 Å². The van der Waals surface area contributed by atoms with Crippen LogP contribution in [0.15, 0.2) is 60.7 Å². The molecule has 0 radical (unpaired) electrons. The molecule has 22 heavy (non-hydrogen) atoms. The number of rotatable bonds is 5. The largest absolute Gasteiger partial charge is 0.326 e. The molecule has 1 atom stereocenters. The van der Waals surface area contributed by atoms with E-state index in [4.69, 9.17) is 12.2 Å². The van der Waals surface area contributed by atoms with Crippen LogP contribution in [0.4, 0.5) is 5.69 Å². The lowest BCUT2D eigenvalue weighted by Gasteiger charge is -2.17. The summed E-state index contributed by atoms with van der Waals surface area (Å²) in [4.78, 5) is 14.3. The quantitative estimate of drug-likeness (QED) is 0.592. The zero-order chi connectivity index (χ0) is 15.4. The standard InChI is InChI=1S/C18H17NOS2/c20-17(14-7-3-1-4-8-14)12-11-16-13-19(18(21)22-16)15-9-5-2-6-10-15/h1-10,16H,11-13H2. The fourth-order valence-electron chi connectivity index (χ4n) is 2.55. The second-order valence-corrected chi connectivity index (χ2v) is 7.21. The minimum atomic E-state index is 0.213. The van der Waals surface area contributed by atoms with Crippen molar-refractivity contribution in [1.82, 2.24) is 0 Å². The van der Waals surface area contributed by atoms with Gasteiger partial charge in [0, 0.05) is 29.5 Å². The summed E-state index contributed by atoms with van der Waals surface area (Å²) < 4.78 is 0.906. The summed E-state index contributed by atoms with van der Waals surface area (Å²) in [7, 11) is 0. The number of hydrogen-bond acceptors (Lipinski definition) is 3. The third-order valence-electron chi connectivity index (χ3n) is 3.73. The molecule has 0 spiro atoms. The second-order valence-electron chi connectivity index (χ2n) is 5.28. The van der Waals surface area contributed by atoms with Crippen molar-refractivity contribution in [2.24, 2.45) is 0 Å². The summed E-state index contributed by atoms with van der Waals surface area (Å²) in [5, 5.41) is 0.389. The van der Waals surface area contributed by atoms with Crippen LogP contribution in [0.2, 0.25) is 0 Å². The van der Waals surface area contributed by atoms with Crippen LogP contribution in [-0.2, 0) is 0 Å². The summed E-state index contributed by atoms with van der Waals surface area (Å²) in [6, 6.07) is 19.7. The lowest BCUT2D eigenvalue weighted by molar-refractivity contribution is 0.0980. The second kappa shape index (κ2) is 7.07. The van der Waals surface area contributed by atoms with Gasteiger partial charge in [0.05, 0.1) is 0 Å². The summed E-state index contributed by atoms with van der Waals surface area (Å²) in [6.45, 7) is 0.885. The van der Waals surface area contributed by atoms with Gasteiger partial charge in [-0.1, -0.05) is 72.5 Å². The lowest BCUT2D eigenvalue weighted by atomic mass is 10.1. The number of hydrogen-bond donors (Lipinski definition) is 0. The van der Waals surface area contributed by atoms with Gasteiger partial charge in [0.25, 0.3) is 0 Å². The fraction of sp³-hybridized carbons (Fsp3) is 0.222. The van der Waals surface area contributed by atoms with Crippen LogP contribution < -0.4 is 4.90 Å². The number of thioether (sulfide) groups is 1. The molecule has 4 heteroatoms. The molecule has 1 aliphatic heterocycles. The van der Waals surface area contributed by atoms with E-state index < -0.39 is 0 Å². The van der Waals surface area contributed by atoms with Crippen molar-refractivity contribution in [2.75, 3.05) is 11.4 Å². The van der Waals surface area contributed by atoms with Gasteiger partial charge in [-0.2, -0.15) is 0 Å². The highest BCUT2D eigenvalue weighted by atomic mass is 32.2. The summed E-state index contributed by atoms with van der Waals surface area (Å²) in [5.41, 5.74) is 1.94. The van der Waals surface area contributed by atoms with E-state index in [0.29, 0.717) is 11.7 Å². The minimum absolute atomic E-state index is 0.213. The predicted octanol–water partition coefficient (Wildman–Crippen LogP) is 4.56. The Morgan fingerprint density at radius 1 is 1.09 bits per heavy atom. The highest BCUT2D eigenvalue weighted by molar-refractivity contribution is 8.24. The molecule has 1 saturated heterocycles. The number of carbonyl (C=O) groups is 1. The predicted molar refractivity (Wildman–Crippen MR) is 97.8 cm³/mol. The van der Waals surface area contributed by atoms with Gasteiger partial charge in [-0.25, -0.2) is 0 Å². The summed E-state index contributed by atoms with van der Waals surface area (Å²) in [6.07, 6.45) is 1.44. The smallest absolute Gasteiger partial charge is 0.162 e. The van der Waals surface area contributed by atoms with Gasteiger partial charge in [-0.3, -0.25) is 4.79 Å². The van der Waals surface area contributed by atoms with E-state index in [1.54, 1.807) is 11.8 Å². The summed E-state index contributed by atoms with van der Waals surface area (Å²) >= 11 is 7.19. The van der Waals surface area contributed by atoms with Crippen molar-refractivity contribution in [2.45, 2.75) is 18.1 Å². The first-order valence-corrected chi connectivity index (χ1v) is 8.64. The maximum absolute atomic E-state index is 12.2. The van der Waals surface area contributed by atoms with Crippen LogP contribution in [0, 0.1) is 0 Å². The zero-order valence-corrected chi connectivity index (χ0v) is 13.8. The molecule has 0 N–H and O–H groups in total. The molecule has 1 unspecified atom stereocenters. The highest BCUT2D eigenvalue weighted by Crippen LogP contribution is 2.33. The third-order valence-corrected chi connectivity index (χ3v) is 5.38. The Labute approximate surface area is 140 Å². The topological polar surface area (TPSA) is 20.3 Å². The van der Waals surface area contributed by atoms with E-state index in [0.717, 1.165) is 28.5 Å². The number of ketones is 1. The minimum Gasteiger partial charge on any atom is -0.326 e. The number of carbonyl (C=O) groups excluding carboxylic acids is 1. The first-order valence-electron chi connectivity index (χ1n) is 7.35. The maximum Gasteiger partial charge on any atom is 0.162 e. The molecule has 112 valence electrons. The lowest BCUT2D eigenvalue weighted by Crippen LogP contribution is -2.24. The molecule has 1 aliphatic rings. The van der Waals surface area contributed by atoms with E-state index in [1.165, 1.54) is 0 Å². The Morgan fingerprint density at radius 2 is 1.73 bits per heavy atom. The van der Waals surface area contributed by atoms with E-state index >= 15 is 0 Å². The molecule has 3 rings (SSSR count). The Balaban J connectivity index is 1.57. The summed E-state index contributed by atoms with van der Waals surface area (Å²) in [5.74, 6) is 0.213. The van der Waals surface area contributed by atoms with Crippen molar-refractivity contribution in [3.63, 3.8) is 0 Å².